The fourth-order valence-electron chi connectivity index (χ4n) is 4.68. The topological polar surface area (TPSA) is 42.7 Å². The highest BCUT2D eigenvalue weighted by molar-refractivity contribution is 7.10. The lowest BCUT2D eigenvalue weighted by atomic mass is 10.1. The second-order valence-corrected chi connectivity index (χ2v) is 9.76. The molecule has 5 nitrogen and oxygen atoms in total. The number of rotatable bonds is 6. The van der Waals surface area contributed by atoms with E-state index in [-0.39, 0.29) is 0 Å². The number of aromatic nitrogens is 3. The molecule has 5 rings (SSSR count). The largest absolute Gasteiger partial charge is 0.497 e. The normalized spacial score (nSPS) is 13.0. The monoisotopic (exact) mass is 466 g/mol. The van der Waals surface area contributed by atoms with Crippen molar-refractivity contribution in [2.24, 2.45) is 0 Å². The Labute approximate surface area is 197 Å². The maximum atomic E-state index is 6.67. The first-order valence-electron chi connectivity index (χ1n) is 11.0. The summed E-state index contributed by atoms with van der Waals surface area (Å²) in [5, 5.41) is 7.86. The highest BCUT2D eigenvalue weighted by Crippen LogP contribution is 2.39. The van der Waals surface area contributed by atoms with Crippen molar-refractivity contribution >= 4 is 34.4 Å². The van der Waals surface area contributed by atoms with Crippen molar-refractivity contribution < 1.29 is 4.74 Å². The predicted octanol–water partition coefficient (Wildman–Crippen LogP) is 6.25. The summed E-state index contributed by atoms with van der Waals surface area (Å²) in [6.45, 7) is 8.18. The van der Waals surface area contributed by atoms with Crippen LogP contribution in [0.15, 0.2) is 29.6 Å². The second-order valence-electron chi connectivity index (χ2n) is 8.36. The van der Waals surface area contributed by atoms with Crippen LogP contribution in [0.1, 0.15) is 40.7 Å². The van der Waals surface area contributed by atoms with Gasteiger partial charge in [-0.05, 0) is 75.2 Å². The number of hydrogen-bond acceptors (Lipinski definition) is 5. The summed E-state index contributed by atoms with van der Waals surface area (Å²) >= 11 is 8.50. The number of halogens is 1. The molecule has 1 aliphatic rings. The number of thiophene rings is 1. The summed E-state index contributed by atoms with van der Waals surface area (Å²) in [6.07, 6.45) is 3.19. The molecule has 3 aromatic heterocycles. The molecular formula is C25H27ClN4OS. The number of benzene rings is 1. The molecule has 0 spiro atoms. The lowest BCUT2D eigenvalue weighted by Crippen LogP contribution is -2.26. The van der Waals surface area contributed by atoms with Crippen LogP contribution in [0, 0.1) is 13.8 Å². The Morgan fingerprint density at radius 1 is 1.22 bits per heavy atom. The van der Waals surface area contributed by atoms with E-state index in [4.69, 9.17) is 26.4 Å². The molecule has 32 heavy (non-hydrogen) atoms. The Bertz CT molecular complexity index is 1310. The molecular weight excluding hydrogens is 440 g/mol. The minimum Gasteiger partial charge on any atom is -0.497 e. The van der Waals surface area contributed by atoms with E-state index in [1.807, 2.05) is 36.5 Å². The zero-order chi connectivity index (χ0) is 22.4. The van der Waals surface area contributed by atoms with Gasteiger partial charge in [0.1, 0.15) is 11.6 Å². The van der Waals surface area contributed by atoms with Gasteiger partial charge < -0.3 is 9.64 Å². The number of fused-ring (bicyclic) bond motifs is 2. The van der Waals surface area contributed by atoms with Crippen molar-refractivity contribution in [2.45, 2.75) is 46.6 Å². The van der Waals surface area contributed by atoms with Gasteiger partial charge in [0.15, 0.2) is 5.65 Å². The Kier molecular flexibility index (Phi) is 5.59. The van der Waals surface area contributed by atoms with Crippen LogP contribution < -0.4 is 9.64 Å². The van der Waals surface area contributed by atoms with Crippen molar-refractivity contribution in [1.82, 2.24) is 14.6 Å². The van der Waals surface area contributed by atoms with E-state index in [2.05, 4.69) is 34.7 Å². The number of aryl methyl sites for hydroxylation is 3. The van der Waals surface area contributed by atoms with E-state index in [0.29, 0.717) is 5.02 Å². The summed E-state index contributed by atoms with van der Waals surface area (Å²) < 4.78 is 7.40. The van der Waals surface area contributed by atoms with Gasteiger partial charge in [-0.15, -0.1) is 11.3 Å². The maximum absolute atomic E-state index is 6.67. The number of methoxy groups -OCH3 is 1. The second kappa shape index (κ2) is 8.41. The van der Waals surface area contributed by atoms with Crippen molar-refractivity contribution in [1.29, 1.82) is 0 Å². The fourth-order valence-corrected chi connectivity index (χ4v) is 5.83. The minimum absolute atomic E-state index is 0.646. The van der Waals surface area contributed by atoms with E-state index in [1.165, 1.54) is 27.5 Å². The van der Waals surface area contributed by atoms with Crippen LogP contribution in [0.4, 0.5) is 5.82 Å². The van der Waals surface area contributed by atoms with Gasteiger partial charge in [-0.1, -0.05) is 11.6 Å². The first-order chi connectivity index (χ1) is 15.5. The van der Waals surface area contributed by atoms with Crippen molar-refractivity contribution in [3.63, 3.8) is 0 Å². The van der Waals surface area contributed by atoms with Gasteiger partial charge >= 0.3 is 0 Å². The fraction of sp³-hybridized carbons (Fsp3) is 0.360. The molecule has 3 heterocycles. The number of nitrogens with zero attached hydrogens (tertiary/aromatic N) is 4. The molecule has 0 fully saturated rings. The Hall–Kier alpha value is -2.57. The Morgan fingerprint density at radius 3 is 2.75 bits per heavy atom. The average Bonchev–Trinajstić information content (AvgIpc) is 3.49. The maximum Gasteiger partial charge on any atom is 0.165 e. The van der Waals surface area contributed by atoms with Gasteiger partial charge in [0, 0.05) is 28.2 Å². The number of ether oxygens (including phenoxy) is 1. The smallest absolute Gasteiger partial charge is 0.165 e. The van der Waals surface area contributed by atoms with Crippen LogP contribution >= 0.6 is 22.9 Å². The van der Waals surface area contributed by atoms with Crippen LogP contribution in [0.3, 0.4) is 0 Å². The van der Waals surface area contributed by atoms with E-state index in [1.54, 1.807) is 7.11 Å². The van der Waals surface area contributed by atoms with Crippen molar-refractivity contribution in [3.8, 4) is 16.9 Å². The number of anilines is 1. The summed E-state index contributed by atoms with van der Waals surface area (Å²) in [6, 6.07) is 8.08. The molecule has 7 heteroatoms. The van der Waals surface area contributed by atoms with E-state index >= 15 is 0 Å². The summed E-state index contributed by atoms with van der Waals surface area (Å²) in [4.78, 5) is 8.92. The molecule has 1 aromatic carbocycles. The van der Waals surface area contributed by atoms with Crippen LogP contribution in [-0.2, 0) is 19.4 Å². The van der Waals surface area contributed by atoms with Crippen molar-refractivity contribution in [2.75, 3.05) is 18.6 Å². The molecule has 1 aliphatic carbocycles. The molecule has 0 amide bonds. The number of hydrogen-bond donors (Lipinski definition) is 0. The highest BCUT2D eigenvalue weighted by Gasteiger charge is 2.27. The van der Waals surface area contributed by atoms with E-state index in [9.17, 15) is 0 Å². The summed E-state index contributed by atoms with van der Waals surface area (Å²) in [5.41, 5.74) is 7.59. The molecule has 0 saturated heterocycles. The molecule has 0 saturated carbocycles. The van der Waals surface area contributed by atoms with Gasteiger partial charge in [-0.3, -0.25) is 0 Å². The molecule has 166 valence electrons. The Morgan fingerprint density at radius 2 is 2.06 bits per heavy atom. The molecule has 4 aromatic rings. The third-order valence-corrected chi connectivity index (χ3v) is 7.55. The molecule has 0 N–H and O–H groups in total. The van der Waals surface area contributed by atoms with Crippen LogP contribution in [0.5, 0.6) is 5.75 Å². The lowest BCUT2D eigenvalue weighted by Gasteiger charge is -2.25. The minimum atomic E-state index is 0.646. The van der Waals surface area contributed by atoms with Gasteiger partial charge in [-0.2, -0.15) is 9.61 Å². The van der Waals surface area contributed by atoms with Gasteiger partial charge in [0.25, 0.3) is 0 Å². The van der Waals surface area contributed by atoms with E-state index < -0.39 is 0 Å². The predicted molar refractivity (Wildman–Crippen MR) is 133 cm³/mol. The molecule has 0 radical (unpaired) electrons. The lowest BCUT2D eigenvalue weighted by molar-refractivity contribution is 0.415. The van der Waals surface area contributed by atoms with Gasteiger partial charge in [0.05, 0.1) is 29.9 Å². The average molecular weight is 467 g/mol. The summed E-state index contributed by atoms with van der Waals surface area (Å²) in [7, 11) is 1.65. The molecule has 0 atom stereocenters. The molecule has 0 bridgehead atoms. The standard InChI is InChI=1S/C25H27ClN4OS/c1-5-29(13-18-11-15(2)14-32-18)25-20-7-6-8-22(20)27-24-23(16(3)28-30(24)25)19-10-9-17(31-4)12-21(19)26/h9-12,14H,5-8,13H2,1-4H3. The molecule has 0 aliphatic heterocycles. The quantitative estimate of drug-likeness (QED) is 0.336. The van der Waals surface area contributed by atoms with E-state index in [0.717, 1.165) is 60.6 Å². The summed E-state index contributed by atoms with van der Waals surface area (Å²) in [5.74, 6) is 1.92. The van der Waals surface area contributed by atoms with Gasteiger partial charge in [0.2, 0.25) is 0 Å². The third-order valence-electron chi connectivity index (χ3n) is 6.19. The first-order valence-corrected chi connectivity index (χ1v) is 12.3. The Balaban J connectivity index is 1.71. The third kappa shape index (κ3) is 3.55. The van der Waals surface area contributed by atoms with Crippen LogP contribution in [-0.4, -0.2) is 28.3 Å². The van der Waals surface area contributed by atoms with Crippen molar-refractivity contribution in [3.05, 3.63) is 62.1 Å². The zero-order valence-electron chi connectivity index (χ0n) is 18.9. The van der Waals surface area contributed by atoms with Crippen LogP contribution in [0.2, 0.25) is 5.02 Å². The highest BCUT2D eigenvalue weighted by atomic mass is 35.5. The first kappa shape index (κ1) is 21.3. The van der Waals surface area contributed by atoms with Gasteiger partial charge in [-0.25, -0.2) is 4.98 Å². The SMILES string of the molecule is CCN(Cc1cc(C)cs1)c1c2c(nc3c(-c4ccc(OC)cc4Cl)c(C)nn13)CCC2. The zero-order valence-corrected chi connectivity index (χ0v) is 20.5. The molecule has 0 unspecified atom stereocenters. The van der Waals surface area contributed by atoms with Crippen LogP contribution in [0.25, 0.3) is 16.8 Å².